The van der Waals surface area contributed by atoms with E-state index in [1.165, 1.54) is 0 Å². The Balaban J connectivity index is 1.81. The summed E-state index contributed by atoms with van der Waals surface area (Å²) in [5.41, 5.74) is 1.02. The fourth-order valence-electron chi connectivity index (χ4n) is 3.42. The Morgan fingerprint density at radius 2 is 1.93 bits per heavy atom. The minimum atomic E-state index is -0.445. The molecule has 0 fully saturated rings. The number of hydrogen-bond acceptors (Lipinski definition) is 5. The highest BCUT2D eigenvalue weighted by Crippen LogP contribution is 2.23. The van der Waals surface area contributed by atoms with E-state index in [9.17, 15) is 9.59 Å². The van der Waals surface area contributed by atoms with Crippen LogP contribution < -0.4 is 11.2 Å². The maximum atomic E-state index is 12.7. The molecule has 1 N–H and O–H groups in total. The van der Waals surface area contributed by atoms with Crippen molar-refractivity contribution < 1.29 is 0 Å². The number of fused-ring (bicyclic) bond motifs is 1. The van der Waals surface area contributed by atoms with Crippen LogP contribution in [0.3, 0.4) is 0 Å². The molecule has 4 rings (SSSR count). The molecule has 4 aromatic rings. The SMILES string of the molecule is CCCCn1c(CSc2nccn2C)nc2c1c(=O)[nH]c(=O)n2Cc1ccccc1. The van der Waals surface area contributed by atoms with Crippen molar-refractivity contribution in [3.05, 3.63) is 75.0 Å². The summed E-state index contributed by atoms with van der Waals surface area (Å²) in [5, 5.41) is 0.875. The van der Waals surface area contributed by atoms with E-state index in [4.69, 9.17) is 4.98 Å². The quantitative estimate of drug-likeness (QED) is 0.439. The smallest absolute Gasteiger partial charge is 0.329 e. The van der Waals surface area contributed by atoms with Crippen LogP contribution in [0.4, 0.5) is 0 Å². The van der Waals surface area contributed by atoms with Crippen LogP contribution in [0, 0.1) is 0 Å². The highest BCUT2D eigenvalue weighted by atomic mass is 32.2. The Kier molecular flexibility index (Phi) is 5.89. The molecule has 0 radical (unpaired) electrons. The largest absolute Gasteiger partial charge is 0.330 e. The maximum Gasteiger partial charge on any atom is 0.330 e. The summed E-state index contributed by atoms with van der Waals surface area (Å²) in [4.78, 5) is 36.9. The predicted octanol–water partition coefficient (Wildman–Crippen LogP) is 2.76. The number of nitrogens with one attached hydrogen (secondary N) is 1. The van der Waals surface area contributed by atoms with Crippen LogP contribution in [-0.2, 0) is 25.9 Å². The van der Waals surface area contributed by atoms with Crippen molar-refractivity contribution in [2.24, 2.45) is 7.05 Å². The second-order valence-corrected chi connectivity index (χ2v) is 8.09. The lowest BCUT2D eigenvalue weighted by molar-refractivity contribution is 0.626. The molecule has 30 heavy (non-hydrogen) atoms. The molecule has 0 amide bonds. The van der Waals surface area contributed by atoms with Gasteiger partial charge in [-0.2, -0.15) is 0 Å². The molecular weight excluding hydrogens is 400 g/mol. The topological polar surface area (TPSA) is 90.5 Å². The third kappa shape index (κ3) is 3.97. The van der Waals surface area contributed by atoms with Gasteiger partial charge >= 0.3 is 5.69 Å². The van der Waals surface area contributed by atoms with Gasteiger partial charge in [-0.25, -0.2) is 14.8 Å². The molecule has 3 aromatic heterocycles. The van der Waals surface area contributed by atoms with Crippen molar-refractivity contribution in [3.63, 3.8) is 0 Å². The minimum absolute atomic E-state index is 0.351. The van der Waals surface area contributed by atoms with Gasteiger partial charge in [0, 0.05) is 26.0 Å². The summed E-state index contributed by atoms with van der Waals surface area (Å²) in [6.07, 6.45) is 5.56. The fourth-order valence-corrected chi connectivity index (χ4v) is 4.30. The number of nitrogens with zero attached hydrogens (tertiary/aromatic N) is 5. The molecule has 8 nitrogen and oxygen atoms in total. The monoisotopic (exact) mass is 424 g/mol. The van der Waals surface area contributed by atoms with Gasteiger partial charge in [-0.05, 0) is 12.0 Å². The molecule has 0 aliphatic rings. The van der Waals surface area contributed by atoms with Gasteiger partial charge in [0.25, 0.3) is 5.56 Å². The fraction of sp³-hybridized carbons (Fsp3) is 0.333. The molecule has 0 aliphatic heterocycles. The number of benzene rings is 1. The number of thioether (sulfide) groups is 1. The maximum absolute atomic E-state index is 12.7. The molecule has 0 bridgehead atoms. The van der Waals surface area contributed by atoms with Gasteiger partial charge in [-0.15, -0.1) is 0 Å². The lowest BCUT2D eigenvalue weighted by atomic mass is 10.2. The molecule has 1 aromatic carbocycles. The van der Waals surface area contributed by atoms with Crippen LogP contribution in [0.15, 0.2) is 57.5 Å². The van der Waals surface area contributed by atoms with Gasteiger partial charge in [-0.1, -0.05) is 55.4 Å². The van der Waals surface area contributed by atoms with E-state index in [1.54, 1.807) is 22.5 Å². The van der Waals surface area contributed by atoms with Gasteiger partial charge in [0.2, 0.25) is 0 Å². The third-order valence-electron chi connectivity index (χ3n) is 4.99. The summed E-state index contributed by atoms with van der Waals surface area (Å²) in [7, 11) is 1.94. The number of imidazole rings is 2. The number of unbranched alkanes of at least 4 members (excludes halogenated alkanes) is 1. The van der Waals surface area contributed by atoms with Crippen molar-refractivity contribution in [2.75, 3.05) is 0 Å². The number of aromatic amines is 1. The van der Waals surface area contributed by atoms with Gasteiger partial charge in [0.05, 0.1) is 12.3 Å². The van der Waals surface area contributed by atoms with Crippen molar-refractivity contribution >= 4 is 22.9 Å². The second kappa shape index (κ2) is 8.74. The van der Waals surface area contributed by atoms with Crippen molar-refractivity contribution in [3.8, 4) is 0 Å². The van der Waals surface area contributed by atoms with E-state index in [-0.39, 0.29) is 0 Å². The summed E-state index contributed by atoms with van der Waals surface area (Å²) in [6, 6.07) is 9.70. The molecular formula is C21H24N6O2S. The summed E-state index contributed by atoms with van der Waals surface area (Å²) >= 11 is 1.56. The molecule has 0 unspecified atom stereocenters. The molecule has 0 atom stereocenters. The van der Waals surface area contributed by atoms with Crippen LogP contribution in [0.2, 0.25) is 0 Å². The average Bonchev–Trinajstić information content (AvgIpc) is 3.32. The van der Waals surface area contributed by atoms with Crippen molar-refractivity contribution in [2.45, 2.75) is 43.8 Å². The Morgan fingerprint density at radius 3 is 2.63 bits per heavy atom. The minimum Gasteiger partial charge on any atom is -0.329 e. The van der Waals surface area contributed by atoms with E-state index in [0.29, 0.717) is 30.0 Å². The van der Waals surface area contributed by atoms with Gasteiger partial charge < -0.3 is 9.13 Å². The van der Waals surface area contributed by atoms with Crippen molar-refractivity contribution in [1.82, 2.24) is 28.7 Å². The van der Waals surface area contributed by atoms with E-state index >= 15 is 0 Å². The Morgan fingerprint density at radius 1 is 1.13 bits per heavy atom. The zero-order valence-electron chi connectivity index (χ0n) is 17.0. The highest BCUT2D eigenvalue weighted by molar-refractivity contribution is 7.98. The highest BCUT2D eigenvalue weighted by Gasteiger charge is 2.19. The zero-order chi connectivity index (χ0) is 21.1. The van der Waals surface area contributed by atoms with Crippen LogP contribution in [0.5, 0.6) is 0 Å². The summed E-state index contributed by atoms with van der Waals surface area (Å²) in [6.45, 7) is 3.14. The van der Waals surface area contributed by atoms with E-state index in [0.717, 1.165) is 29.4 Å². The summed E-state index contributed by atoms with van der Waals surface area (Å²) < 4.78 is 5.44. The standard InChI is InChI=1S/C21H24N6O2S/c1-3-4-11-26-16(14-30-21-22-10-12-25(21)2)23-18-17(26)19(28)24-20(29)27(18)13-15-8-6-5-7-9-15/h5-10,12H,3-4,11,13-14H2,1-2H3,(H,24,28,29). The first kappa shape index (κ1) is 20.2. The van der Waals surface area contributed by atoms with Gasteiger partial charge in [0.15, 0.2) is 16.3 Å². The first-order valence-electron chi connectivity index (χ1n) is 9.94. The number of H-pyrrole nitrogens is 1. The lowest BCUT2D eigenvalue weighted by Crippen LogP contribution is -2.31. The molecule has 3 heterocycles. The number of hydrogen-bond donors (Lipinski definition) is 1. The van der Waals surface area contributed by atoms with E-state index in [1.807, 2.05) is 52.7 Å². The number of aryl methyl sites for hydroxylation is 2. The van der Waals surface area contributed by atoms with E-state index in [2.05, 4.69) is 16.9 Å². The second-order valence-electron chi connectivity index (χ2n) is 7.15. The normalized spacial score (nSPS) is 11.4. The predicted molar refractivity (Wildman–Crippen MR) is 118 cm³/mol. The molecule has 0 saturated heterocycles. The zero-order valence-corrected chi connectivity index (χ0v) is 17.9. The molecule has 156 valence electrons. The van der Waals surface area contributed by atoms with Crippen molar-refractivity contribution in [1.29, 1.82) is 0 Å². The van der Waals surface area contributed by atoms with E-state index < -0.39 is 11.2 Å². The summed E-state index contributed by atoms with van der Waals surface area (Å²) in [5.74, 6) is 1.33. The Bertz CT molecular complexity index is 1270. The Labute approximate surface area is 177 Å². The first-order valence-corrected chi connectivity index (χ1v) is 10.9. The Hall–Kier alpha value is -3.07. The number of rotatable bonds is 8. The van der Waals surface area contributed by atoms with Gasteiger partial charge in [0.1, 0.15) is 5.82 Å². The third-order valence-corrected chi connectivity index (χ3v) is 6.04. The number of aromatic nitrogens is 6. The van der Waals surface area contributed by atoms with Gasteiger partial charge in [-0.3, -0.25) is 14.3 Å². The molecule has 0 aliphatic carbocycles. The molecule has 0 saturated carbocycles. The average molecular weight is 425 g/mol. The van der Waals surface area contributed by atoms with Crippen LogP contribution in [0.25, 0.3) is 11.2 Å². The lowest BCUT2D eigenvalue weighted by Gasteiger charge is -2.09. The van der Waals surface area contributed by atoms with Crippen LogP contribution >= 0.6 is 11.8 Å². The van der Waals surface area contributed by atoms with Crippen LogP contribution in [0.1, 0.15) is 31.2 Å². The molecule has 0 spiro atoms. The van der Waals surface area contributed by atoms with Crippen LogP contribution in [-0.4, -0.2) is 28.7 Å². The first-order chi connectivity index (χ1) is 14.6. The molecule has 9 heteroatoms.